The van der Waals surface area contributed by atoms with Crippen molar-refractivity contribution in [2.45, 2.75) is 6.92 Å². The van der Waals surface area contributed by atoms with Crippen LogP contribution in [0.5, 0.6) is 0 Å². The molecule has 0 aliphatic carbocycles. The van der Waals surface area contributed by atoms with Crippen LogP contribution in [0.15, 0.2) is 0 Å². The molecule has 0 heterocycles. The molecule has 0 aromatic carbocycles. The zero-order chi connectivity index (χ0) is 8.20. The summed E-state index contributed by atoms with van der Waals surface area (Å²) in [7, 11) is 6.18. The molecule has 0 amide bonds. The molecule has 0 atom stereocenters. The van der Waals surface area contributed by atoms with Crippen molar-refractivity contribution in [1.82, 2.24) is 0 Å². The van der Waals surface area contributed by atoms with E-state index >= 15 is 0 Å². The van der Waals surface area contributed by atoms with Gasteiger partial charge in [-0.2, -0.15) is 0 Å². The van der Waals surface area contributed by atoms with Gasteiger partial charge in [-0.3, -0.25) is 4.79 Å². The Balaban J connectivity index is 0. The maximum absolute atomic E-state index is 10.3. The molecule has 0 radical (unpaired) electrons. The lowest BCUT2D eigenvalue weighted by molar-refractivity contribution is -0.870. The number of esters is 1. The minimum absolute atomic E-state index is 0. The average molecular weight is 275 g/mol. The van der Waals surface area contributed by atoms with Crippen molar-refractivity contribution in [2.75, 3.05) is 34.3 Å². The summed E-state index contributed by atoms with van der Waals surface area (Å²) in [4.78, 5) is 10.3. The molecule has 4 heteroatoms. The largest absolute Gasteiger partial charge is 0.460 e. The van der Waals surface area contributed by atoms with E-state index in [-0.39, 0.29) is 29.9 Å². The molecule has 0 bridgehead atoms. The maximum Gasteiger partial charge on any atom is 0.302 e. The summed E-state index contributed by atoms with van der Waals surface area (Å²) in [6.45, 7) is 2.80. The van der Waals surface area contributed by atoms with Crippen LogP contribution in [-0.2, 0) is 9.53 Å². The minimum Gasteiger partial charge on any atom is -0.460 e. The topological polar surface area (TPSA) is 26.3 Å². The van der Waals surface area contributed by atoms with E-state index in [1.165, 1.54) is 6.92 Å². The van der Waals surface area contributed by atoms with Crippen molar-refractivity contribution in [3.63, 3.8) is 0 Å². The third-order valence-corrected chi connectivity index (χ3v) is 1.07. The summed E-state index contributed by atoms with van der Waals surface area (Å²) < 4.78 is 5.59. The van der Waals surface area contributed by atoms with Crippen LogP contribution in [0, 0.1) is 0 Å². The second-order valence-electron chi connectivity index (χ2n) is 3.35. The number of halogens is 1. The third-order valence-electron chi connectivity index (χ3n) is 1.07. The maximum atomic E-state index is 10.3. The molecule has 0 aromatic heterocycles. The number of quaternary nitrogens is 1. The van der Waals surface area contributed by atoms with Gasteiger partial charge in [-0.1, -0.05) is 0 Å². The highest BCUT2D eigenvalue weighted by molar-refractivity contribution is 5.65. The first-order valence-corrected chi connectivity index (χ1v) is 3.35. The van der Waals surface area contributed by atoms with Gasteiger partial charge in [0.05, 0.1) is 21.1 Å². The van der Waals surface area contributed by atoms with Gasteiger partial charge in [0.2, 0.25) is 24.0 Å². The monoisotopic (exact) mass is 275 g/mol. The first kappa shape index (κ1) is 13.7. The zero-order valence-corrected chi connectivity index (χ0v) is 10.2. The summed E-state index contributed by atoms with van der Waals surface area (Å²) in [6, 6.07) is 0. The van der Waals surface area contributed by atoms with Crippen LogP contribution < -0.4 is 24.0 Å². The number of likely N-dealkylation sites (N-methyl/N-ethyl adjacent to an activating group) is 1. The van der Waals surface area contributed by atoms with E-state index in [4.69, 9.17) is 4.74 Å². The minimum atomic E-state index is -0.201. The Hall–Kier alpha value is 0.160. The predicted octanol–water partition coefficient (Wildman–Crippen LogP) is -3.28. The molecule has 0 aliphatic heterocycles. The molecule has 68 valence electrons. The highest BCUT2D eigenvalue weighted by Gasteiger charge is 2.06. The first-order chi connectivity index (χ1) is 4.42. The van der Waals surface area contributed by atoms with Crippen LogP contribution in [0.1, 0.15) is 6.92 Å². The number of ether oxygens (including phenoxy) is 1. The van der Waals surface area contributed by atoms with E-state index in [1.807, 2.05) is 0 Å². The van der Waals surface area contributed by atoms with Crippen molar-refractivity contribution in [3.8, 4) is 0 Å². The van der Waals surface area contributed by atoms with E-state index in [0.717, 1.165) is 11.0 Å². The lowest BCUT2D eigenvalue weighted by atomic mass is 10.5. The van der Waals surface area contributed by atoms with Crippen molar-refractivity contribution in [3.05, 3.63) is 0 Å². The van der Waals surface area contributed by atoms with Crippen molar-refractivity contribution in [2.24, 2.45) is 0 Å². The predicted molar refractivity (Wildman–Crippen MR) is 42.3 cm³/mol. The normalized spacial score (nSPS) is 10.2. The van der Waals surface area contributed by atoms with Crippen LogP contribution >= 0.6 is 0 Å². The summed E-state index contributed by atoms with van der Waals surface area (Å²) in [5.41, 5.74) is 0. The van der Waals surface area contributed by atoms with Crippen LogP contribution in [0.3, 0.4) is 0 Å². The van der Waals surface area contributed by atoms with Crippen molar-refractivity contribution < 1.29 is 38.0 Å². The van der Waals surface area contributed by atoms with Gasteiger partial charge in [0.1, 0.15) is 13.2 Å². The molecule has 0 unspecified atom stereocenters. The van der Waals surface area contributed by atoms with Gasteiger partial charge in [0.15, 0.2) is 0 Å². The standard InChI is InChI=1S/C7H16NO2.H2I/c1-7(9)10-6-5-8(2,3)4;/h5-6H2,1-4H3;1H2/q2*+1. The second-order valence-corrected chi connectivity index (χ2v) is 3.35. The van der Waals surface area contributed by atoms with Gasteiger partial charge in [-0.15, -0.1) is 0 Å². The fraction of sp³-hybridized carbons (Fsp3) is 0.857. The molecule has 3 nitrogen and oxygen atoms in total. The highest BCUT2D eigenvalue weighted by Crippen LogP contribution is 1.88. The molecule has 0 aliphatic rings. The van der Waals surface area contributed by atoms with E-state index in [9.17, 15) is 4.79 Å². The molecule has 0 aromatic rings. The molecule has 11 heavy (non-hydrogen) atoms. The molecule has 0 fully saturated rings. The highest BCUT2D eigenvalue weighted by atomic mass is 127. The Kier molecular flexibility index (Phi) is 7.20. The molecule has 0 spiro atoms. The number of hydrogen-bond acceptors (Lipinski definition) is 2. The zero-order valence-electron chi connectivity index (χ0n) is 7.63. The summed E-state index contributed by atoms with van der Waals surface area (Å²) >= 11 is 0. The fourth-order valence-corrected chi connectivity index (χ4v) is 0.463. The lowest BCUT2D eigenvalue weighted by Crippen LogP contribution is -3.00. The molecule has 0 N–H and O–H groups in total. The smallest absolute Gasteiger partial charge is 0.302 e. The van der Waals surface area contributed by atoms with Gasteiger partial charge >= 0.3 is 5.97 Å². The van der Waals surface area contributed by atoms with Crippen molar-refractivity contribution >= 4 is 5.97 Å². The molecule has 0 saturated carbocycles. The number of carbonyl (C=O) groups is 1. The van der Waals surface area contributed by atoms with Gasteiger partial charge < -0.3 is 9.22 Å². The Morgan fingerprint density at radius 2 is 1.82 bits per heavy atom. The SMILES string of the molecule is CC(=O)OCC[N+](C)(C)C.[IH2+]. The van der Waals surface area contributed by atoms with Crippen LogP contribution in [0.2, 0.25) is 0 Å². The number of rotatable bonds is 3. The van der Waals surface area contributed by atoms with Gasteiger partial charge in [-0.05, 0) is 0 Å². The Morgan fingerprint density at radius 3 is 2.09 bits per heavy atom. The number of carbonyl (C=O) groups excluding carboxylic acids is 1. The average Bonchev–Trinajstić information content (AvgIpc) is 1.59. The summed E-state index contributed by atoms with van der Waals surface area (Å²) in [5, 5.41) is 0. The van der Waals surface area contributed by atoms with E-state index in [1.54, 1.807) is 0 Å². The van der Waals surface area contributed by atoms with E-state index < -0.39 is 0 Å². The quantitative estimate of drug-likeness (QED) is 0.307. The summed E-state index contributed by atoms with van der Waals surface area (Å²) in [5.74, 6) is -0.201. The second kappa shape index (κ2) is 5.77. The van der Waals surface area contributed by atoms with E-state index in [2.05, 4.69) is 21.1 Å². The third kappa shape index (κ3) is 13.2. The van der Waals surface area contributed by atoms with Crippen LogP contribution in [-0.4, -0.2) is 44.7 Å². The molecular formula is C7H18INO2+2. The van der Waals surface area contributed by atoms with Crippen LogP contribution in [0.4, 0.5) is 0 Å². The van der Waals surface area contributed by atoms with Gasteiger partial charge in [0, 0.05) is 6.92 Å². The molecular weight excluding hydrogens is 257 g/mol. The Labute approximate surface area is 85.3 Å². The van der Waals surface area contributed by atoms with Gasteiger partial charge in [-0.25, -0.2) is 0 Å². The molecule has 0 rings (SSSR count). The number of nitrogens with zero attached hydrogens (tertiary/aromatic N) is 1. The number of hydrogen-bond donors (Lipinski definition) is 0. The van der Waals surface area contributed by atoms with Crippen LogP contribution in [0.25, 0.3) is 0 Å². The molecule has 0 saturated heterocycles. The lowest BCUT2D eigenvalue weighted by Gasteiger charge is -2.23. The first-order valence-electron chi connectivity index (χ1n) is 3.35. The summed E-state index contributed by atoms with van der Waals surface area (Å²) in [6.07, 6.45) is 0. The van der Waals surface area contributed by atoms with E-state index in [0.29, 0.717) is 6.61 Å². The van der Waals surface area contributed by atoms with Gasteiger partial charge in [0.25, 0.3) is 0 Å². The Bertz CT molecular complexity index is 120. The van der Waals surface area contributed by atoms with Crippen molar-refractivity contribution in [1.29, 1.82) is 0 Å². The fourth-order valence-electron chi connectivity index (χ4n) is 0.463. The Morgan fingerprint density at radius 1 is 1.36 bits per heavy atom.